The van der Waals surface area contributed by atoms with Gasteiger partial charge in [-0.25, -0.2) is 0 Å². The first-order valence-electron chi connectivity index (χ1n) is 5.12. The molecule has 0 radical (unpaired) electrons. The summed E-state index contributed by atoms with van der Waals surface area (Å²) in [7, 11) is 1.69. The van der Waals surface area contributed by atoms with Gasteiger partial charge in [0.15, 0.2) is 0 Å². The van der Waals surface area contributed by atoms with E-state index in [9.17, 15) is 0 Å². The van der Waals surface area contributed by atoms with Crippen molar-refractivity contribution >= 4 is 17.0 Å². The molecule has 0 amide bonds. The van der Waals surface area contributed by atoms with E-state index in [2.05, 4.69) is 19.9 Å². The predicted octanol–water partition coefficient (Wildman–Crippen LogP) is 3.62. The number of benzene rings is 1. The molecule has 0 aliphatic rings. The molecule has 0 unspecified atom stereocenters. The molecular formula is C13H15NOS. The van der Waals surface area contributed by atoms with Gasteiger partial charge in [-0.2, -0.15) is 0 Å². The van der Waals surface area contributed by atoms with Gasteiger partial charge in [0.25, 0.3) is 0 Å². The van der Waals surface area contributed by atoms with Crippen LogP contribution in [0.25, 0.3) is 11.1 Å². The molecule has 0 saturated heterocycles. The highest BCUT2D eigenvalue weighted by molar-refractivity contribution is 7.11. The van der Waals surface area contributed by atoms with Gasteiger partial charge in [0.2, 0.25) is 0 Å². The summed E-state index contributed by atoms with van der Waals surface area (Å²) < 4.78 is 5.38. The number of thiophene rings is 1. The summed E-state index contributed by atoms with van der Waals surface area (Å²) >= 11 is 1.67. The number of ether oxygens (including phenoxy) is 1. The summed E-state index contributed by atoms with van der Waals surface area (Å²) in [6, 6.07) is 6.14. The molecule has 2 rings (SSSR count). The van der Waals surface area contributed by atoms with E-state index in [4.69, 9.17) is 10.5 Å². The van der Waals surface area contributed by atoms with Crippen LogP contribution >= 0.6 is 11.3 Å². The van der Waals surface area contributed by atoms with Crippen LogP contribution in [0.5, 0.6) is 5.75 Å². The summed E-state index contributed by atoms with van der Waals surface area (Å²) in [6.07, 6.45) is 0. The van der Waals surface area contributed by atoms with Crippen LogP contribution in [0, 0.1) is 13.8 Å². The van der Waals surface area contributed by atoms with Crippen molar-refractivity contribution in [3.63, 3.8) is 0 Å². The van der Waals surface area contributed by atoms with E-state index in [0.29, 0.717) is 0 Å². The molecule has 0 aliphatic heterocycles. The Balaban J connectivity index is 2.67. The highest BCUT2D eigenvalue weighted by atomic mass is 32.1. The van der Waals surface area contributed by atoms with Crippen LogP contribution in [0.15, 0.2) is 23.6 Å². The monoisotopic (exact) mass is 233 g/mol. The van der Waals surface area contributed by atoms with Gasteiger partial charge in [0.1, 0.15) is 5.75 Å². The Kier molecular flexibility index (Phi) is 2.88. The Morgan fingerprint density at radius 3 is 2.56 bits per heavy atom. The van der Waals surface area contributed by atoms with Gasteiger partial charge in [-0.05, 0) is 26.0 Å². The molecule has 0 atom stereocenters. The number of aryl methyl sites for hydroxylation is 2. The number of nitrogen functional groups attached to an aromatic ring is 1. The highest BCUT2D eigenvalue weighted by Crippen LogP contribution is 2.39. The Morgan fingerprint density at radius 1 is 1.25 bits per heavy atom. The average Bonchev–Trinajstić information content (AvgIpc) is 2.58. The van der Waals surface area contributed by atoms with E-state index in [1.165, 1.54) is 10.4 Å². The zero-order valence-corrected chi connectivity index (χ0v) is 10.5. The Morgan fingerprint density at radius 2 is 2.00 bits per heavy atom. The van der Waals surface area contributed by atoms with Crippen LogP contribution in [0.2, 0.25) is 0 Å². The van der Waals surface area contributed by atoms with Gasteiger partial charge in [-0.15, -0.1) is 11.3 Å². The molecule has 2 aromatic rings. The SMILES string of the molecule is COc1ccc(C)cc1-c1c(N)csc1C. The van der Waals surface area contributed by atoms with Crippen LogP contribution in [0.3, 0.4) is 0 Å². The number of methoxy groups -OCH3 is 1. The zero-order chi connectivity index (χ0) is 11.7. The maximum absolute atomic E-state index is 6.00. The van der Waals surface area contributed by atoms with Gasteiger partial charge < -0.3 is 10.5 Å². The maximum atomic E-state index is 6.00. The summed E-state index contributed by atoms with van der Waals surface area (Å²) in [5.74, 6) is 0.874. The second kappa shape index (κ2) is 4.18. The van der Waals surface area contributed by atoms with Crippen molar-refractivity contribution in [2.24, 2.45) is 0 Å². The van der Waals surface area contributed by atoms with Crippen molar-refractivity contribution in [3.8, 4) is 16.9 Å². The molecule has 2 nitrogen and oxygen atoms in total. The van der Waals surface area contributed by atoms with E-state index in [0.717, 1.165) is 22.6 Å². The first kappa shape index (κ1) is 11.0. The van der Waals surface area contributed by atoms with Gasteiger partial charge in [-0.1, -0.05) is 11.6 Å². The second-order valence-electron chi connectivity index (χ2n) is 3.83. The topological polar surface area (TPSA) is 35.2 Å². The molecule has 0 bridgehead atoms. The van der Waals surface area contributed by atoms with E-state index in [1.807, 2.05) is 17.5 Å². The third kappa shape index (κ3) is 1.78. The van der Waals surface area contributed by atoms with E-state index >= 15 is 0 Å². The van der Waals surface area contributed by atoms with E-state index in [-0.39, 0.29) is 0 Å². The fourth-order valence-electron chi connectivity index (χ4n) is 1.84. The van der Waals surface area contributed by atoms with Gasteiger partial charge in [0.05, 0.1) is 12.8 Å². The lowest BCUT2D eigenvalue weighted by Gasteiger charge is -2.10. The molecule has 1 aromatic carbocycles. The largest absolute Gasteiger partial charge is 0.496 e. The zero-order valence-electron chi connectivity index (χ0n) is 9.70. The van der Waals surface area contributed by atoms with Crippen molar-refractivity contribution in [1.82, 2.24) is 0 Å². The molecule has 0 aliphatic carbocycles. The summed E-state index contributed by atoms with van der Waals surface area (Å²) in [5, 5.41) is 1.98. The Bertz CT molecular complexity index is 497. The van der Waals surface area contributed by atoms with Crippen LogP contribution in [-0.2, 0) is 0 Å². The quantitative estimate of drug-likeness (QED) is 0.859. The number of rotatable bonds is 2. The second-order valence-corrected chi connectivity index (χ2v) is 4.91. The minimum Gasteiger partial charge on any atom is -0.496 e. The molecule has 0 spiro atoms. The van der Waals surface area contributed by atoms with Crippen molar-refractivity contribution in [3.05, 3.63) is 34.0 Å². The lowest BCUT2D eigenvalue weighted by atomic mass is 10.0. The molecule has 1 aromatic heterocycles. The lowest BCUT2D eigenvalue weighted by Crippen LogP contribution is -1.92. The Labute approximate surface area is 99.7 Å². The number of hydrogen-bond acceptors (Lipinski definition) is 3. The molecule has 1 heterocycles. The summed E-state index contributed by atoms with van der Waals surface area (Å²) in [5.41, 5.74) is 10.2. The molecule has 0 fully saturated rings. The third-order valence-electron chi connectivity index (χ3n) is 2.63. The van der Waals surface area contributed by atoms with Crippen molar-refractivity contribution in [2.45, 2.75) is 13.8 Å². The first-order valence-corrected chi connectivity index (χ1v) is 6.00. The summed E-state index contributed by atoms with van der Waals surface area (Å²) in [6.45, 7) is 4.15. The molecule has 3 heteroatoms. The fourth-order valence-corrected chi connectivity index (χ4v) is 2.60. The molecule has 0 saturated carbocycles. The predicted molar refractivity (Wildman–Crippen MR) is 70.2 cm³/mol. The highest BCUT2D eigenvalue weighted by Gasteiger charge is 2.13. The summed E-state index contributed by atoms with van der Waals surface area (Å²) in [4.78, 5) is 1.22. The number of anilines is 1. The van der Waals surface area contributed by atoms with Crippen LogP contribution < -0.4 is 10.5 Å². The molecule has 84 valence electrons. The molecule has 2 N–H and O–H groups in total. The first-order chi connectivity index (χ1) is 7.63. The normalized spacial score (nSPS) is 10.4. The minimum absolute atomic E-state index is 0.825. The third-order valence-corrected chi connectivity index (χ3v) is 3.56. The maximum Gasteiger partial charge on any atom is 0.126 e. The minimum atomic E-state index is 0.825. The van der Waals surface area contributed by atoms with Crippen molar-refractivity contribution in [1.29, 1.82) is 0 Å². The van der Waals surface area contributed by atoms with Gasteiger partial charge >= 0.3 is 0 Å². The smallest absolute Gasteiger partial charge is 0.126 e. The van der Waals surface area contributed by atoms with Crippen molar-refractivity contribution in [2.75, 3.05) is 12.8 Å². The molecule has 16 heavy (non-hydrogen) atoms. The van der Waals surface area contributed by atoms with Crippen LogP contribution in [-0.4, -0.2) is 7.11 Å². The van der Waals surface area contributed by atoms with Crippen LogP contribution in [0.1, 0.15) is 10.4 Å². The number of nitrogens with two attached hydrogens (primary N) is 1. The fraction of sp³-hybridized carbons (Fsp3) is 0.231. The van der Waals surface area contributed by atoms with Crippen LogP contribution in [0.4, 0.5) is 5.69 Å². The standard InChI is InChI=1S/C13H15NOS/c1-8-4-5-12(15-3)10(6-8)13-9(2)16-7-11(13)14/h4-7H,14H2,1-3H3. The van der Waals surface area contributed by atoms with Gasteiger partial charge in [0, 0.05) is 21.4 Å². The van der Waals surface area contributed by atoms with E-state index < -0.39 is 0 Å². The Hall–Kier alpha value is -1.48. The van der Waals surface area contributed by atoms with E-state index in [1.54, 1.807) is 18.4 Å². The molecular weight excluding hydrogens is 218 g/mol. The van der Waals surface area contributed by atoms with Crippen molar-refractivity contribution < 1.29 is 4.74 Å². The van der Waals surface area contributed by atoms with Gasteiger partial charge in [-0.3, -0.25) is 0 Å². The lowest BCUT2D eigenvalue weighted by molar-refractivity contribution is 0.416. The average molecular weight is 233 g/mol. The number of hydrogen-bond donors (Lipinski definition) is 1.